The number of ether oxygens (including phenoxy) is 2. The van der Waals surface area contributed by atoms with E-state index in [4.69, 9.17) is 32.7 Å². The summed E-state index contributed by atoms with van der Waals surface area (Å²) in [6.07, 6.45) is 0.899. The number of hydrogen-bond donors (Lipinski definition) is 0. The summed E-state index contributed by atoms with van der Waals surface area (Å²) in [6.45, 7) is 1.30. The monoisotopic (exact) mass is 234 g/mol. The number of halogens is 2. The number of nitrogens with zero attached hydrogens (tertiary/aromatic N) is 2. The Balaban J connectivity index is 2.07. The zero-order valence-electron chi connectivity index (χ0n) is 7.24. The molecule has 1 aliphatic heterocycles. The van der Waals surface area contributed by atoms with Gasteiger partial charge in [0.25, 0.3) is 0 Å². The molecule has 1 aromatic rings. The molecular weight excluding hydrogens is 227 g/mol. The SMILES string of the molecule is Clc1cc(O[C@@H]2CCOC2)nc(Cl)n1. The molecule has 0 aromatic carbocycles. The van der Waals surface area contributed by atoms with Gasteiger partial charge in [-0.05, 0) is 11.6 Å². The highest BCUT2D eigenvalue weighted by molar-refractivity contribution is 6.31. The highest BCUT2D eigenvalue weighted by atomic mass is 35.5. The van der Waals surface area contributed by atoms with E-state index in [1.165, 1.54) is 6.07 Å². The molecule has 0 spiro atoms. The summed E-state index contributed by atoms with van der Waals surface area (Å²) in [6, 6.07) is 1.53. The maximum Gasteiger partial charge on any atom is 0.227 e. The fourth-order valence-corrected chi connectivity index (χ4v) is 1.60. The van der Waals surface area contributed by atoms with Crippen molar-refractivity contribution in [2.75, 3.05) is 13.2 Å². The Morgan fingerprint density at radius 2 is 2.29 bits per heavy atom. The van der Waals surface area contributed by atoms with Crippen LogP contribution in [0.5, 0.6) is 5.88 Å². The first kappa shape index (κ1) is 9.96. The van der Waals surface area contributed by atoms with Crippen LogP contribution in [0.25, 0.3) is 0 Å². The van der Waals surface area contributed by atoms with Crippen LogP contribution in [0, 0.1) is 0 Å². The molecule has 0 aliphatic carbocycles. The van der Waals surface area contributed by atoms with Gasteiger partial charge in [-0.25, -0.2) is 4.98 Å². The highest BCUT2D eigenvalue weighted by Gasteiger charge is 2.18. The molecule has 0 radical (unpaired) electrons. The Labute approximate surface area is 91.2 Å². The van der Waals surface area contributed by atoms with Gasteiger partial charge in [0, 0.05) is 12.5 Å². The standard InChI is InChI=1S/C8H8Cl2N2O2/c9-6-3-7(12-8(10)11-6)14-5-1-2-13-4-5/h3,5H,1-2,4H2/t5-/m1/s1. The predicted octanol–water partition coefficient (Wildman–Crippen LogP) is 1.95. The number of hydrogen-bond acceptors (Lipinski definition) is 4. The van der Waals surface area contributed by atoms with Crippen LogP contribution in [0.15, 0.2) is 6.07 Å². The van der Waals surface area contributed by atoms with E-state index in [2.05, 4.69) is 9.97 Å². The Bertz CT molecular complexity index is 309. The summed E-state index contributed by atoms with van der Waals surface area (Å²) >= 11 is 11.3. The third-order valence-electron chi connectivity index (χ3n) is 1.82. The largest absolute Gasteiger partial charge is 0.472 e. The molecule has 4 nitrogen and oxygen atoms in total. The van der Waals surface area contributed by atoms with Crippen LogP contribution in [0.1, 0.15) is 6.42 Å². The second kappa shape index (κ2) is 4.29. The fraction of sp³-hybridized carbons (Fsp3) is 0.500. The van der Waals surface area contributed by atoms with Crippen molar-refractivity contribution in [1.82, 2.24) is 9.97 Å². The van der Waals surface area contributed by atoms with E-state index in [0.29, 0.717) is 12.5 Å². The summed E-state index contributed by atoms with van der Waals surface area (Å²) in [4.78, 5) is 7.61. The Hall–Kier alpha value is -0.580. The van der Waals surface area contributed by atoms with Gasteiger partial charge in [0.15, 0.2) is 0 Å². The highest BCUT2D eigenvalue weighted by Crippen LogP contribution is 2.19. The molecule has 0 bridgehead atoms. The Morgan fingerprint density at radius 3 is 2.93 bits per heavy atom. The molecule has 14 heavy (non-hydrogen) atoms. The van der Waals surface area contributed by atoms with Gasteiger partial charge in [0.1, 0.15) is 11.3 Å². The van der Waals surface area contributed by atoms with Gasteiger partial charge in [0.2, 0.25) is 11.2 Å². The lowest BCUT2D eigenvalue weighted by Crippen LogP contribution is -2.16. The minimum Gasteiger partial charge on any atom is -0.472 e. The van der Waals surface area contributed by atoms with Crippen molar-refractivity contribution in [1.29, 1.82) is 0 Å². The first-order chi connectivity index (χ1) is 6.74. The van der Waals surface area contributed by atoms with Crippen molar-refractivity contribution < 1.29 is 9.47 Å². The van der Waals surface area contributed by atoms with Gasteiger partial charge in [0.05, 0.1) is 13.2 Å². The van der Waals surface area contributed by atoms with Crippen molar-refractivity contribution in [2.45, 2.75) is 12.5 Å². The molecule has 1 saturated heterocycles. The maximum absolute atomic E-state index is 5.69. The van der Waals surface area contributed by atoms with Crippen molar-refractivity contribution in [3.05, 3.63) is 16.5 Å². The minimum absolute atomic E-state index is 0.0389. The van der Waals surface area contributed by atoms with Crippen molar-refractivity contribution in [2.24, 2.45) is 0 Å². The van der Waals surface area contributed by atoms with E-state index in [0.717, 1.165) is 13.0 Å². The molecule has 1 fully saturated rings. The smallest absolute Gasteiger partial charge is 0.227 e. The summed E-state index contributed by atoms with van der Waals surface area (Å²) in [5.41, 5.74) is 0. The molecule has 0 N–H and O–H groups in total. The zero-order valence-corrected chi connectivity index (χ0v) is 8.75. The van der Waals surface area contributed by atoms with Crippen LogP contribution in [0.3, 0.4) is 0 Å². The van der Waals surface area contributed by atoms with E-state index >= 15 is 0 Å². The normalized spacial score (nSPS) is 21.1. The molecule has 0 saturated carbocycles. The minimum atomic E-state index is 0.0389. The Kier molecular flexibility index (Phi) is 3.05. The average molecular weight is 235 g/mol. The van der Waals surface area contributed by atoms with E-state index < -0.39 is 0 Å². The fourth-order valence-electron chi connectivity index (χ4n) is 1.21. The molecule has 0 unspecified atom stereocenters. The average Bonchev–Trinajstić information content (AvgIpc) is 2.54. The van der Waals surface area contributed by atoms with Crippen LogP contribution >= 0.6 is 23.2 Å². The lowest BCUT2D eigenvalue weighted by Gasteiger charge is -2.10. The van der Waals surface area contributed by atoms with Crippen LogP contribution in [0.2, 0.25) is 10.4 Å². The van der Waals surface area contributed by atoms with Crippen molar-refractivity contribution in [3.63, 3.8) is 0 Å². The first-order valence-electron chi connectivity index (χ1n) is 4.18. The van der Waals surface area contributed by atoms with E-state index in [1.54, 1.807) is 0 Å². The second-order valence-electron chi connectivity index (χ2n) is 2.90. The third kappa shape index (κ3) is 2.47. The molecule has 6 heteroatoms. The van der Waals surface area contributed by atoms with E-state index in [-0.39, 0.29) is 16.5 Å². The van der Waals surface area contributed by atoms with Crippen molar-refractivity contribution >= 4 is 23.2 Å². The molecule has 76 valence electrons. The van der Waals surface area contributed by atoms with Gasteiger partial charge in [-0.2, -0.15) is 4.98 Å². The Morgan fingerprint density at radius 1 is 1.43 bits per heavy atom. The topological polar surface area (TPSA) is 44.2 Å². The van der Waals surface area contributed by atoms with E-state index in [9.17, 15) is 0 Å². The lowest BCUT2D eigenvalue weighted by molar-refractivity contribution is 0.138. The first-order valence-corrected chi connectivity index (χ1v) is 4.94. The van der Waals surface area contributed by atoms with Crippen LogP contribution in [0.4, 0.5) is 0 Å². The van der Waals surface area contributed by atoms with Gasteiger partial charge in [-0.1, -0.05) is 11.6 Å². The van der Waals surface area contributed by atoms with Crippen LogP contribution in [-0.2, 0) is 4.74 Å². The molecule has 2 heterocycles. The van der Waals surface area contributed by atoms with Crippen LogP contribution < -0.4 is 4.74 Å². The quantitative estimate of drug-likeness (QED) is 0.580. The summed E-state index contributed by atoms with van der Waals surface area (Å²) in [7, 11) is 0. The number of rotatable bonds is 2. The third-order valence-corrected chi connectivity index (χ3v) is 2.18. The molecule has 1 aliphatic rings. The molecule has 0 amide bonds. The summed E-state index contributed by atoms with van der Waals surface area (Å²) in [5, 5.41) is 0.366. The van der Waals surface area contributed by atoms with Gasteiger partial charge < -0.3 is 9.47 Å². The van der Waals surface area contributed by atoms with Gasteiger partial charge in [-0.15, -0.1) is 0 Å². The van der Waals surface area contributed by atoms with Gasteiger partial charge >= 0.3 is 0 Å². The maximum atomic E-state index is 5.69. The second-order valence-corrected chi connectivity index (χ2v) is 3.63. The molecule has 1 atom stereocenters. The zero-order chi connectivity index (χ0) is 9.97. The lowest BCUT2D eigenvalue weighted by atomic mass is 10.3. The number of aromatic nitrogens is 2. The summed E-state index contributed by atoms with van der Waals surface area (Å²) < 4.78 is 10.6. The van der Waals surface area contributed by atoms with Crippen LogP contribution in [-0.4, -0.2) is 29.3 Å². The van der Waals surface area contributed by atoms with Crippen molar-refractivity contribution in [3.8, 4) is 5.88 Å². The molecule has 2 rings (SSSR count). The van der Waals surface area contributed by atoms with E-state index in [1.807, 2.05) is 0 Å². The molecule has 1 aromatic heterocycles. The predicted molar refractivity (Wildman–Crippen MR) is 51.9 cm³/mol. The summed E-state index contributed by atoms with van der Waals surface area (Å²) in [5.74, 6) is 0.394. The van der Waals surface area contributed by atoms with Gasteiger partial charge in [-0.3, -0.25) is 0 Å². The molecular formula is C8H8Cl2N2O2.